The lowest BCUT2D eigenvalue weighted by atomic mass is 9.84. The molecule has 0 spiro atoms. The summed E-state index contributed by atoms with van der Waals surface area (Å²) in [6.45, 7) is 3.79. The summed E-state index contributed by atoms with van der Waals surface area (Å²) < 4.78 is 18.8. The Hall–Kier alpha value is -1.66. The first-order chi connectivity index (χ1) is 12.6. The van der Waals surface area contributed by atoms with Crippen LogP contribution in [0, 0.1) is 23.6 Å². The number of nitrogens with zero attached hydrogens (tertiary/aromatic N) is 2. The van der Waals surface area contributed by atoms with Gasteiger partial charge in [-0.25, -0.2) is 4.39 Å². The van der Waals surface area contributed by atoms with Crippen molar-refractivity contribution in [2.75, 3.05) is 33.3 Å². The van der Waals surface area contributed by atoms with E-state index in [4.69, 9.17) is 10.5 Å². The van der Waals surface area contributed by atoms with Crippen LogP contribution < -0.4 is 10.5 Å². The minimum atomic E-state index is -0.330. The van der Waals surface area contributed by atoms with Gasteiger partial charge < -0.3 is 15.4 Å². The number of ether oxygens (including phenoxy) is 1. The molecule has 6 heteroatoms. The van der Waals surface area contributed by atoms with E-state index < -0.39 is 0 Å². The molecule has 1 aromatic rings. The van der Waals surface area contributed by atoms with Crippen molar-refractivity contribution in [3.8, 4) is 5.75 Å². The topological polar surface area (TPSA) is 58.8 Å². The van der Waals surface area contributed by atoms with Crippen molar-refractivity contribution in [1.82, 2.24) is 9.80 Å². The molecule has 26 heavy (non-hydrogen) atoms. The highest BCUT2D eigenvalue weighted by atomic mass is 19.1. The number of amides is 1. The van der Waals surface area contributed by atoms with Crippen LogP contribution in [-0.4, -0.2) is 55.0 Å². The number of hydrogen-bond acceptors (Lipinski definition) is 4. The second-order valence-corrected chi connectivity index (χ2v) is 8.01. The van der Waals surface area contributed by atoms with Crippen LogP contribution in [-0.2, 0) is 11.3 Å². The number of benzene rings is 1. The number of methoxy groups -OCH3 is 1. The molecule has 3 fully saturated rings. The largest absolute Gasteiger partial charge is 0.494 e. The number of hydrogen-bond donors (Lipinski definition) is 1. The Morgan fingerprint density at radius 3 is 2.58 bits per heavy atom. The molecule has 2 bridgehead atoms. The number of carbonyl (C=O) groups is 1. The number of nitrogens with two attached hydrogens (primary N) is 1. The average molecular weight is 361 g/mol. The maximum atomic E-state index is 13.8. The zero-order valence-electron chi connectivity index (χ0n) is 15.4. The molecule has 142 valence electrons. The van der Waals surface area contributed by atoms with Crippen molar-refractivity contribution in [3.05, 3.63) is 29.6 Å². The van der Waals surface area contributed by atoms with Crippen LogP contribution >= 0.6 is 0 Å². The fourth-order valence-corrected chi connectivity index (χ4v) is 5.11. The van der Waals surface area contributed by atoms with E-state index in [1.54, 1.807) is 6.07 Å². The lowest BCUT2D eigenvalue weighted by Crippen LogP contribution is -2.53. The van der Waals surface area contributed by atoms with E-state index in [0.717, 1.165) is 44.6 Å². The van der Waals surface area contributed by atoms with Gasteiger partial charge in [-0.3, -0.25) is 9.69 Å². The Bertz CT molecular complexity index is 673. The molecule has 0 radical (unpaired) electrons. The van der Waals surface area contributed by atoms with Gasteiger partial charge in [-0.1, -0.05) is 6.07 Å². The van der Waals surface area contributed by atoms with Gasteiger partial charge in [-0.05, 0) is 48.8 Å². The Morgan fingerprint density at radius 2 is 1.96 bits per heavy atom. The monoisotopic (exact) mass is 361 g/mol. The number of piperazine rings is 1. The highest BCUT2D eigenvalue weighted by Crippen LogP contribution is 2.48. The van der Waals surface area contributed by atoms with E-state index in [1.165, 1.54) is 19.6 Å². The maximum Gasteiger partial charge on any atom is 0.227 e. The van der Waals surface area contributed by atoms with Crippen molar-refractivity contribution >= 4 is 5.91 Å². The first kappa shape index (κ1) is 17.7. The van der Waals surface area contributed by atoms with Gasteiger partial charge in [-0.2, -0.15) is 0 Å². The van der Waals surface area contributed by atoms with E-state index in [1.807, 2.05) is 11.0 Å². The van der Waals surface area contributed by atoms with Crippen molar-refractivity contribution in [3.63, 3.8) is 0 Å². The van der Waals surface area contributed by atoms with E-state index in [2.05, 4.69) is 4.90 Å². The maximum absolute atomic E-state index is 13.8. The predicted molar refractivity (Wildman–Crippen MR) is 97.1 cm³/mol. The third-order valence-electron chi connectivity index (χ3n) is 6.57. The molecule has 1 aromatic carbocycles. The lowest BCUT2D eigenvalue weighted by molar-refractivity contribution is -0.139. The third kappa shape index (κ3) is 3.21. The molecule has 4 atom stereocenters. The Morgan fingerprint density at radius 1 is 1.23 bits per heavy atom. The summed E-state index contributed by atoms with van der Waals surface area (Å²) >= 11 is 0. The summed E-state index contributed by atoms with van der Waals surface area (Å²) in [4.78, 5) is 17.2. The van der Waals surface area contributed by atoms with Crippen LogP contribution in [0.1, 0.15) is 24.8 Å². The Balaban J connectivity index is 1.31. The van der Waals surface area contributed by atoms with Gasteiger partial charge in [0.25, 0.3) is 0 Å². The van der Waals surface area contributed by atoms with Crippen molar-refractivity contribution < 1.29 is 13.9 Å². The Kier molecular flexibility index (Phi) is 4.88. The van der Waals surface area contributed by atoms with E-state index in [0.29, 0.717) is 18.4 Å². The summed E-state index contributed by atoms with van der Waals surface area (Å²) in [5, 5.41) is 0. The summed E-state index contributed by atoms with van der Waals surface area (Å²) in [6, 6.07) is 5.15. The fraction of sp³-hybridized carbons (Fsp3) is 0.650. The minimum Gasteiger partial charge on any atom is -0.494 e. The summed E-state index contributed by atoms with van der Waals surface area (Å²) in [7, 11) is 1.47. The van der Waals surface area contributed by atoms with Gasteiger partial charge in [0.1, 0.15) is 0 Å². The molecule has 3 aliphatic rings. The van der Waals surface area contributed by atoms with E-state index in [9.17, 15) is 9.18 Å². The van der Waals surface area contributed by atoms with Gasteiger partial charge in [0.05, 0.1) is 13.0 Å². The molecule has 4 unspecified atom stereocenters. The Labute approximate surface area is 154 Å². The molecule has 1 amide bonds. The second kappa shape index (κ2) is 7.16. The quantitative estimate of drug-likeness (QED) is 0.889. The molecule has 2 saturated carbocycles. The molecular formula is C20H28FN3O2. The highest BCUT2D eigenvalue weighted by molar-refractivity contribution is 5.80. The van der Waals surface area contributed by atoms with Gasteiger partial charge in [0.2, 0.25) is 5.91 Å². The number of halogens is 1. The summed E-state index contributed by atoms with van der Waals surface area (Å²) in [5.41, 5.74) is 7.26. The summed E-state index contributed by atoms with van der Waals surface area (Å²) in [5.74, 6) is 1.30. The van der Waals surface area contributed by atoms with Crippen LogP contribution in [0.15, 0.2) is 18.2 Å². The molecular weight excluding hydrogens is 333 g/mol. The van der Waals surface area contributed by atoms with Gasteiger partial charge in [0.15, 0.2) is 11.6 Å². The lowest BCUT2D eigenvalue weighted by Gasteiger charge is -2.38. The van der Waals surface area contributed by atoms with Crippen molar-refractivity contribution in [2.45, 2.75) is 31.8 Å². The molecule has 1 aliphatic heterocycles. The molecule has 2 N–H and O–H groups in total. The van der Waals surface area contributed by atoms with E-state index >= 15 is 0 Å². The van der Waals surface area contributed by atoms with Crippen LogP contribution in [0.25, 0.3) is 0 Å². The molecule has 5 nitrogen and oxygen atoms in total. The normalized spacial score (nSPS) is 31.4. The first-order valence-electron chi connectivity index (χ1n) is 9.66. The van der Waals surface area contributed by atoms with E-state index in [-0.39, 0.29) is 29.4 Å². The standard InChI is InChI=1S/C20H28FN3O2/c1-26-17-5-2-13(10-16(17)21)12-23-6-8-24(9-7-23)20(25)18-14-3-4-15(11-14)19(18)22/h2,5,10,14-15,18-19H,3-4,6-9,11-12,22H2,1H3. The van der Waals surface area contributed by atoms with Gasteiger partial charge in [0, 0.05) is 38.8 Å². The van der Waals surface area contributed by atoms with Crippen LogP contribution in [0.3, 0.4) is 0 Å². The zero-order chi connectivity index (χ0) is 18.3. The molecule has 2 aliphatic carbocycles. The molecule has 4 rings (SSSR count). The molecule has 0 aromatic heterocycles. The number of fused-ring (bicyclic) bond motifs is 2. The van der Waals surface area contributed by atoms with Gasteiger partial charge >= 0.3 is 0 Å². The van der Waals surface area contributed by atoms with Crippen LogP contribution in [0.4, 0.5) is 4.39 Å². The van der Waals surface area contributed by atoms with Gasteiger partial charge in [-0.15, -0.1) is 0 Å². The predicted octanol–water partition coefficient (Wildman–Crippen LogP) is 1.85. The summed E-state index contributed by atoms with van der Waals surface area (Å²) in [6.07, 6.45) is 3.50. The smallest absolute Gasteiger partial charge is 0.227 e. The minimum absolute atomic E-state index is 0.0379. The fourth-order valence-electron chi connectivity index (χ4n) is 5.11. The third-order valence-corrected chi connectivity index (χ3v) is 6.57. The molecule has 1 saturated heterocycles. The molecule has 1 heterocycles. The highest BCUT2D eigenvalue weighted by Gasteiger charge is 2.50. The van der Waals surface area contributed by atoms with Crippen molar-refractivity contribution in [1.29, 1.82) is 0 Å². The zero-order valence-corrected chi connectivity index (χ0v) is 15.4. The van der Waals surface area contributed by atoms with Crippen LogP contribution in [0.5, 0.6) is 5.75 Å². The second-order valence-electron chi connectivity index (χ2n) is 8.01. The average Bonchev–Trinajstić information content (AvgIpc) is 3.23. The SMILES string of the molecule is COc1ccc(CN2CCN(C(=O)C3C4CCC(C4)C3N)CC2)cc1F. The first-order valence-corrected chi connectivity index (χ1v) is 9.66. The van der Waals surface area contributed by atoms with Crippen molar-refractivity contribution in [2.24, 2.45) is 23.5 Å². The number of carbonyl (C=O) groups excluding carboxylic acids is 1. The van der Waals surface area contributed by atoms with Crippen LogP contribution in [0.2, 0.25) is 0 Å². The number of rotatable bonds is 4.